The van der Waals surface area contributed by atoms with Crippen LogP contribution in [0.5, 0.6) is 0 Å². The molecule has 0 heteroatoms. The van der Waals surface area contributed by atoms with Gasteiger partial charge in [0.1, 0.15) is 0 Å². The molecule has 1 aliphatic rings. The van der Waals surface area contributed by atoms with Crippen LogP contribution >= 0.6 is 0 Å². The highest BCUT2D eigenvalue weighted by atomic mass is 14.1. The minimum atomic E-state index is 0.885. The van der Waals surface area contributed by atoms with Crippen LogP contribution in [0.3, 0.4) is 0 Å². The zero-order valence-electron chi connectivity index (χ0n) is 7.00. The van der Waals surface area contributed by atoms with Gasteiger partial charge in [0.15, 0.2) is 0 Å². The van der Waals surface area contributed by atoms with Crippen molar-refractivity contribution in [3.05, 3.63) is 37.0 Å². The van der Waals surface area contributed by atoms with Gasteiger partial charge in [0.2, 0.25) is 0 Å². The highest BCUT2D eigenvalue weighted by Gasteiger charge is 2.06. The first-order valence-electron chi connectivity index (χ1n) is 4.36. The summed E-state index contributed by atoms with van der Waals surface area (Å²) in [5, 5.41) is 0. The summed E-state index contributed by atoms with van der Waals surface area (Å²) in [6.07, 6.45) is 15.8. The molecule has 0 spiro atoms. The van der Waals surface area contributed by atoms with E-state index in [1.807, 2.05) is 12.2 Å². The number of rotatable bonds is 3. The molecule has 0 saturated heterocycles. The standard InChI is InChI=1S/C11H16/c1-2-3-5-8-11-9-6-4-7-10-11/h2-6,11H,1,7-10H2/b5-3-. The molecule has 0 aromatic rings. The molecular formula is C11H16. The van der Waals surface area contributed by atoms with E-state index in [9.17, 15) is 0 Å². The smallest absolute Gasteiger partial charge is 0.0316 e. The topological polar surface area (TPSA) is 0 Å². The van der Waals surface area contributed by atoms with Gasteiger partial charge >= 0.3 is 0 Å². The zero-order valence-corrected chi connectivity index (χ0v) is 7.00. The van der Waals surface area contributed by atoms with Gasteiger partial charge in [0, 0.05) is 0 Å². The van der Waals surface area contributed by atoms with Crippen molar-refractivity contribution < 1.29 is 0 Å². The van der Waals surface area contributed by atoms with E-state index in [0.29, 0.717) is 0 Å². The molecule has 1 unspecified atom stereocenters. The summed E-state index contributed by atoms with van der Waals surface area (Å²) in [6, 6.07) is 0. The summed E-state index contributed by atoms with van der Waals surface area (Å²) in [5.74, 6) is 0.885. The van der Waals surface area contributed by atoms with Crippen molar-refractivity contribution in [1.82, 2.24) is 0 Å². The van der Waals surface area contributed by atoms with E-state index in [0.717, 1.165) is 5.92 Å². The van der Waals surface area contributed by atoms with E-state index in [1.165, 1.54) is 25.7 Å². The lowest BCUT2D eigenvalue weighted by Crippen LogP contribution is -2.00. The highest BCUT2D eigenvalue weighted by Crippen LogP contribution is 2.21. The van der Waals surface area contributed by atoms with Gasteiger partial charge < -0.3 is 0 Å². The first-order valence-corrected chi connectivity index (χ1v) is 4.36. The van der Waals surface area contributed by atoms with Crippen LogP contribution < -0.4 is 0 Å². The molecule has 1 rings (SSSR count). The van der Waals surface area contributed by atoms with Crippen molar-refractivity contribution in [3.63, 3.8) is 0 Å². The number of allylic oxidation sites excluding steroid dienone is 5. The molecule has 0 amide bonds. The molecule has 0 N–H and O–H groups in total. The molecular weight excluding hydrogens is 132 g/mol. The Balaban J connectivity index is 2.20. The van der Waals surface area contributed by atoms with Crippen LogP contribution in [0, 0.1) is 5.92 Å². The molecule has 0 nitrogen and oxygen atoms in total. The summed E-state index contributed by atoms with van der Waals surface area (Å²) < 4.78 is 0. The Morgan fingerprint density at radius 2 is 2.36 bits per heavy atom. The van der Waals surface area contributed by atoms with E-state index >= 15 is 0 Å². The van der Waals surface area contributed by atoms with Gasteiger partial charge in [-0.2, -0.15) is 0 Å². The summed E-state index contributed by atoms with van der Waals surface area (Å²) in [5.41, 5.74) is 0. The summed E-state index contributed by atoms with van der Waals surface area (Å²) in [4.78, 5) is 0. The fraction of sp³-hybridized carbons (Fsp3) is 0.455. The maximum Gasteiger partial charge on any atom is -0.0316 e. The van der Waals surface area contributed by atoms with Gasteiger partial charge in [0.25, 0.3) is 0 Å². The lowest BCUT2D eigenvalue weighted by Gasteiger charge is -2.14. The van der Waals surface area contributed by atoms with Crippen molar-refractivity contribution in [2.24, 2.45) is 5.92 Å². The first-order chi connectivity index (χ1) is 5.43. The average molecular weight is 148 g/mol. The van der Waals surface area contributed by atoms with Crippen molar-refractivity contribution in [2.75, 3.05) is 0 Å². The molecule has 0 fully saturated rings. The Bertz CT molecular complexity index is 163. The second-order valence-corrected chi connectivity index (χ2v) is 3.05. The highest BCUT2D eigenvalue weighted by molar-refractivity contribution is 4.99. The molecule has 0 aromatic heterocycles. The third-order valence-electron chi connectivity index (χ3n) is 2.12. The minimum absolute atomic E-state index is 0.885. The molecule has 0 aliphatic heterocycles. The van der Waals surface area contributed by atoms with Crippen molar-refractivity contribution in [2.45, 2.75) is 25.7 Å². The summed E-state index contributed by atoms with van der Waals surface area (Å²) in [7, 11) is 0. The first kappa shape index (κ1) is 8.32. The summed E-state index contributed by atoms with van der Waals surface area (Å²) >= 11 is 0. The Hall–Kier alpha value is -0.780. The molecule has 60 valence electrons. The quantitative estimate of drug-likeness (QED) is 0.424. The van der Waals surface area contributed by atoms with Crippen molar-refractivity contribution >= 4 is 0 Å². The second kappa shape index (κ2) is 4.95. The second-order valence-electron chi connectivity index (χ2n) is 3.05. The van der Waals surface area contributed by atoms with Crippen LogP contribution in [0.4, 0.5) is 0 Å². The maximum absolute atomic E-state index is 3.64. The predicted molar refractivity (Wildman–Crippen MR) is 50.4 cm³/mol. The van der Waals surface area contributed by atoms with Crippen LogP contribution in [0.15, 0.2) is 37.0 Å². The minimum Gasteiger partial charge on any atom is -0.0991 e. The van der Waals surface area contributed by atoms with E-state index in [4.69, 9.17) is 0 Å². The van der Waals surface area contributed by atoms with Crippen LogP contribution in [-0.4, -0.2) is 0 Å². The molecule has 11 heavy (non-hydrogen) atoms. The van der Waals surface area contributed by atoms with Gasteiger partial charge in [-0.3, -0.25) is 0 Å². The van der Waals surface area contributed by atoms with Gasteiger partial charge in [-0.1, -0.05) is 37.0 Å². The third kappa shape index (κ3) is 3.22. The van der Waals surface area contributed by atoms with Crippen molar-refractivity contribution in [3.8, 4) is 0 Å². The van der Waals surface area contributed by atoms with Gasteiger partial charge in [-0.25, -0.2) is 0 Å². The van der Waals surface area contributed by atoms with Crippen LogP contribution in [-0.2, 0) is 0 Å². The molecule has 0 radical (unpaired) electrons. The largest absolute Gasteiger partial charge is 0.0991 e. The lowest BCUT2D eigenvalue weighted by atomic mass is 9.91. The molecule has 0 bridgehead atoms. The molecule has 1 atom stereocenters. The monoisotopic (exact) mass is 148 g/mol. The van der Waals surface area contributed by atoms with Crippen LogP contribution in [0.25, 0.3) is 0 Å². The SMILES string of the molecule is C=C/C=C\CC1CC=CCC1. The Morgan fingerprint density at radius 3 is 3.00 bits per heavy atom. The third-order valence-corrected chi connectivity index (χ3v) is 2.12. The Morgan fingerprint density at radius 1 is 1.45 bits per heavy atom. The van der Waals surface area contributed by atoms with Gasteiger partial charge in [0.05, 0.1) is 0 Å². The van der Waals surface area contributed by atoms with Crippen LogP contribution in [0.2, 0.25) is 0 Å². The molecule has 0 aromatic carbocycles. The fourth-order valence-electron chi connectivity index (χ4n) is 1.44. The molecule has 0 saturated carbocycles. The van der Waals surface area contributed by atoms with E-state index in [1.54, 1.807) is 0 Å². The fourth-order valence-corrected chi connectivity index (χ4v) is 1.44. The number of hydrogen-bond acceptors (Lipinski definition) is 0. The molecule has 1 aliphatic carbocycles. The van der Waals surface area contributed by atoms with Gasteiger partial charge in [-0.15, -0.1) is 0 Å². The van der Waals surface area contributed by atoms with Crippen LogP contribution in [0.1, 0.15) is 25.7 Å². The summed E-state index contributed by atoms with van der Waals surface area (Å²) in [6.45, 7) is 3.64. The Kier molecular flexibility index (Phi) is 3.74. The number of hydrogen-bond donors (Lipinski definition) is 0. The average Bonchev–Trinajstić information content (AvgIpc) is 2.07. The predicted octanol–water partition coefficient (Wildman–Crippen LogP) is 3.48. The van der Waals surface area contributed by atoms with Gasteiger partial charge in [-0.05, 0) is 31.6 Å². The maximum atomic E-state index is 3.64. The Labute approximate surface area is 69.3 Å². The van der Waals surface area contributed by atoms with E-state index in [2.05, 4.69) is 24.8 Å². The normalized spacial score (nSPS) is 24.2. The van der Waals surface area contributed by atoms with E-state index < -0.39 is 0 Å². The lowest BCUT2D eigenvalue weighted by molar-refractivity contribution is 0.486. The van der Waals surface area contributed by atoms with Crippen molar-refractivity contribution in [1.29, 1.82) is 0 Å². The zero-order chi connectivity index (χ0) is 7.94. The molecule has 0 heterocycles. The van der Waals surface area contributed by atoms with E-state index in [-0.39, 0.29) is 0 Å².